The molecule has 0 fully saturated rings. The van der Waals surface area contributed by atoms with E-state index in [0.717, 1.165) is 0 Å². The molecule has 88 valence electrons. The highest BCUT2D eigenvalue weighted by molar-refractivity contribution is 5.82. The van der Waals surface area contributed by atoms with Gasteiger partial charge in [-0.25, -0.2) is 14.6 Å². The number of hydrazine groups is 1. The first-order valence-electron chi connectivity index (χ1n) is 4.85. The Kier molecular flexibility index (Phi) is 5.69. The fourth-order valence-corrected chi connectivity index (χ4v) is 1.06. The Bertz CT molecular complexity index is 231. The summed E-state index contributed by atoms with van der Waals surface area (Å²) in [7, 11) is 3.30. The molecule has 0 saturated carbocycles. The van der Waals surface area contributed by atoms with Crippen LogP contribution in [0, 0.1) is 5.92 Å². The van der Waals surface area contributed by atoms with Gasteiger partial charge in [0.25, 0.3) is 0 Å². The zero-order chi connectivity index (χ0) is 12.0. The van der Waals surface area contributed by atoms with Gasteiger partial charge in [0, 0.05) is 14.1 Å². The molecule has 0 aliphatic rings. The third-order valence-electron chi connectivity index (χ3n) is 2.09. The maximum atomic E-state index is 11.3. The Morgan fingerprint density at radius 1 is 1.40 bits per heavy atom. The van der Waals surface area contributed by atoms with Gasteiger partial charge in [0.15, 0.2) is 0 Å². The van der Waals surface area contributed by atoms with Gasteiger partial charge in [0.05, 0.1) is 0 Å². The van der Waals surface area contributed by atoms with E-state index in [1.807, 2.05) is 6.92 Å². The lowest BCUT2D eigenvalue weighted by molar-refractivity contribution is -0.140. The molecule has 2 atom stereocenters. The number of nitrogens with one attached hydrogen (secondary N) is 2. The maximum absolute atomic E-state index is 11.3. The van der Waals surface area contributed by atoms with Crippen molar-refractivity contribution in [1.82, 2.24) is 15.8 Å². The number of nitrogens with zero attached hydrogens (tertiary/aromatic N) is 1. The summed E-state index contributed by atoms with van der Waals surface area (Å²) in [6.07, 6.45) is 0.694. The summed E-state index contributed by atoms with van der Waals surface area (Å²) in [4.78, 5) is 22.1. The van der Waals surface area contributed by atoms with Gasteiger partial charge in [0.1, 0.15) is 6.04 Å². The van der Waals surface area contributed by atoms with Crippen molar-refractivity contribution in [3.8, 4) is 0 Å². The molecular formula is C9H19N3O3. The molecular weight excluding hydrogens is 198 g/mol. The summed E-state index contributed by atoms with van der Waals surface area (Å²) in [5.74, 6) is -1.12. The van der Waals surface area contributed by atoms with Crippen LogP contribution >= 0.6 is 0 Å². The number of urea groups is 1. The minimum Gasteiger partial charge on any atom is -0.480 e. The first-order chi connectivity index (χ1) is 6.88. The molecule has 15 heavy (non-hydrogen) atoms. The topological polar surface area (TPSA) is 81.7 Å². The number of amides is 2. The molecule has 2 amide bonds. The quantitative estimate of drug-likeness (QED) is 0.577. The van der Waals surface area contributed by atoms with Crippen molar-refractivity contribution in [3.63, 3.8) is 0 Å². The molecule has 0 aliphatic carbocycles. The molecule has 0 radical (unpaired) electrons. The standard InChI is InChI=1S/C9H19N3O3/c1-5-6(2)7(8(13)14)10-9(15)11-12(3)4/h6-7H,5H2,1-4H3,(H,13,14)(H2,10,11,15)/t6?,7-/m0/s1. The molecule has 3 N–H and O–H groups in total. The fourth-order valence-electron chi connectivity index (χ4n) is 1.06. The summed E-state index contributed by atoms with van der Waals surface area (Å²) in [6, 6.07) is -1.36. The van der Waals surface area contributed by atoms with E-state index in [2.05, 4.69) is 10.7 Å². The van der Waals surface area contributed by atoms with Crippen LogP contribution in [0.4, 0.5) is 4.79 Å². The van der Waals surface area contributed by atoms with Gasteiger partial charge in [-0.2, -0.15) is 0 Å². The van der Waals surface area contributed by atoms with Gasteiger partial charge in [0.2, 0.25) is 0 Å². The average molecular weight is 217 g/mol. The zero-order valence-corrected chi connectivity index (χ0v) is 9.57. The summed E-state index contributed by atoms with van der Waals surface area (Å²) in [5.41, 5.74) is 2.43. The minimum absolute atomic E-state index is 0.101. The lowest BCUT2D eigenvalue weighted by Crippen LogP contribution is -2.52. The molecule has 0 aromatic heterocycles. The lowest BCUT2D eigenvalue weighted by Gasteiger charge is -2.21. The van der Waals surface area contributed by atoms with Crippen molar-refractivity contribution in [2.24, 2.45) is 5.92 Å². The maximum Gasteiger partial charge on any atom is 0.330 e. The highest BCUT2D eigenvalue weighted by atomic mass is 16.4. The molecule has 0 aromatic carbocycles. The summed E-state index contributed by atoms with van der Waals surface area (Å²) >= 11 is 0. The molecule has 0 spiro atoms. The molecule has 0 aromatic rings. The van der Waals surface area contributed by atoms with Crippen LogP contribution in [0.3, 0.4) is 0 Å². The molecule has 6 nitrogen and oxygen atoms in total. The average Bonchev–Trinajstić information content (AvgIpc) is 2.11. The van der Waals surface area contributed by atoms with Crippen LogP contribution in [0.5, 0.6) is 0 Å². The number of aliphatic carboxylic acids is 1. The highest BCUT2D eigenvalue weighted by Gasteiger charge is 2.25. The Morgan fingerprint density at radius 2 is 1.93 bits per heavy atom. The Labute approximate surface area is 89.6 Å². The SMILES string of the molecule is CCC(C)[C@H](NC(=O)NN(C)C)C(=O)O. The van der Waals surface area contributed by atoms with E-state index in [9.17, 15) is 9.59 Å². The molecule has 0 saturated heterocycles. The van der Waals surface area contributed by atoms with Crippen LogP contribution in [0.1, 0.15) is 20.3 Å². The van der Waals surface area contributed by atoms with E-state index in [1.165, 1.54) is 5.01 Å². The van der Waals surface area contributed by atoms with Gasteiger partial charge in [-0.1, -0.05) is 20.3 Å². The van der Waals surface area contributed by atoms with E-state index in [1.54, 1.807) is 21.0 Å². The van der Waals surface area contributed by atoms with Gasteiger partial charge in [-0.05, 0) is 5.92 Å². The Balaban J connectivity index is 4.29. The van der Waals surface area contributed by atoms with Crippen molar-refractivity contribution in [1.29, 1.82) is 0 Å². The number of hydrogen-bond donors (Lipinski definition) is 3. The van der Waals surface area contributed by atoms with Gasteiger partial charge < -0.3 is 10.4 Å². The number of carboxylic acids is 1. The van der Waals surface area contributed by atoms with Gasteiger partial charge in [-0.15, -0.1) is 0 Å². The Hall–Kier alpha value is -1.30. The number of hydrogen-bond acceptors (Lipinski definition) is 3. The first-order valence-corrected chi connectivity index (χ1v) is 4.85. The Morgan fingerprint density at radius 3 is 2.27 bits per heavy atom. The van der Waals surface area contributed by atoms with E-state index in [-0.39, 0.29) is 5.92 Å². The molecule has 0 heterocycles. The summed E-state index contributed by atoms with van der Waals surface area (Å²) in [5, 5.41) is 12.8. The second-order valence-corrected chi connectivity index (χ2v) is 3.68. The monoisotopic (exact) mass is 217 g/mol. The van der Waals surface area contributed by atoms with Crippen LogP contribution in [-0.4, -0.2) is 42.3 Å². The lowest BCUT2D eigenvalue weighted by atomic mass is 10.00. The molecule has 0 aliphatic heterocycles. The second-order valence-electron chi connectivity index (χ2n) is 3.68. The molecule has 0 bridgehead atoms. The van der Waals surface area contributed by atoms with Crippen LogP contribution in [0.2, 0.25) is 0 Å². The van der Waals surface area contributed by atoms with Crippen molar-refractivity contribution >= 4 is 12.0 Å². The predicted octanol–water partition coefficient (Wildman–Crippen LogP) is 0.262. The van der Waals surface area contributed by atoms with E-state index >= 15 is 0 Å². The molecule has 0 rings (SSSR count). The summed E-state index contributed by atoms with van der Waals surface area (Å²) in [6.45, 7) is 3.67. The third kappa shape index (κ3) is 5.21. The van der Waals surface area contributed by atoms with E-state index in [0.29, 0.717) is 6.42 Å². The highest BCUT2D eigenvalue weighted by Crippen LogP contribution is 2.07. The third-order valence-corrected chi connectivity index (χ3v) is 2.09. The van der Waals surface area contributed by atoms with Gasteiger partial charge >= 0.3 is 12.0 Å². The van der Waals surface area contributed by atoms with E-state index in [4.69, 9.17) is 5.11 Å². The zero-order valence-electron chi connectivity index (χ0n) is 9.57. The van der Waals surface area contributed by atoms with Crippen LogP contribution in [0.15, 0.2) is 0 Å². The molecule has 1 unspecified atom stereocenters. The fraction of sp³-hybridized carbons (Fsp3) is 0.778. The summed E-state index contributed by atoms with van der Waals surface area (Å²) < 4.78 is 0. The molecule has 6 heteroatoms. The first kappa shape index (κ1) is 13.7. The van der Waals surface area contributed by atoms with Crippen LogP contribution in [0.25, 0.3) is 0 Å². The van der Waals surface area contributed by atoms with Gasteiger partial charge in [-0.3, -0.25) is 5.43 Å². The normalized spacial score (nSPS) is 14.5. The smallest absolute Gasteiger partial charge is 0.330 e. The van der Waals surface area contributed by atoms with Crippen LogP contribution < -0.4 is 10.7 Å². The number of rotatable bonds is 5. The number of carbonyl (C=O) groups is 2. The number of carbonyl (C=O) groups excluding carboxylic acids is 1. The second kappa shape index (κ2) is 6.23. The van der Waals surface area contributed by atoms with Crippen molar-refractivity contribution in [2.45, 2.75) is 26.3 Å². The van der Waals surface area contributed by atoms with Crippen molar-refractivity contribution in [2.75, 3.05) is 14.1 Å². The predicted molar refractivity (Wildman–Crippen MR) is 56.2 cm³/mol. The van der Waals surface area contributed by atoms with Crippen molar-refractivity contribution in [3.05, 3.63) is 0 Å². The van der Waals surface area contributed by atoms with Crippen molar-refractivity contribution < 1.29 is 14.7 Å². The largest absolute Gasteiger partial charge is 0.480 e. The number of carboxylic acid groups (broad SMARTS) is 1. The minimum atomic E-state index is -1.02. The van der Waals surface area contributed by atoms with E-state index < -0.39 is 18.0 Å². The van der Waals surface area contributed by atoms with Crippen LogP contribution in [-0.2, 0) is 4.79 Å².